The van der Waals surface area contributed by atoms with Gasteiger partial charge in [-0.3, -0.25) is 4.79 Å². The highest BCUT2D eigenvalue weighted by molar-refractivity contribution is 5.66. The molecule has 0 unspecified atom stereocenters. The molecule has 1 N–H and O–H groups in total. The molecule has 0 amide bonds. The fourth-order valence-corrected chi connectivity index (χ4v) is 0.398. The Kier molecular flexibility index (Phi) is 13.2. The van der Waals surface area contributed by atoms with Gasteiger partial charge in [0, 0.05) is 6.42 Å². The van der Waals surface area contributed by atoms with Gasteiger partial charge < -0.3 is 5.11 Å². The molecule has 0 spiro atoms. The summed E-state index contributed by atoms with van der Waals surface area (Å²) in [4.78, 5) is 9.84. The molecular formula is C8H16O2. The highest BCUT2D eigenvalue weighted by Gasteiger charge is 1.91. The molecule has 0 heterocycles. The predicted octanol–water partition coefficient (Wildman–Crippen LogP) is 2.45. The van der Waals surface area contributed by atoms with Crippen molar-refractivity contribution >= 4 is 5.97 Å². The van der Waals surface area contributed by atoms with Crippen LogP contribution in [0.15, 0.2) is 12.7 Å². The van der Waals surface area contributed by atoms with Gasteiger partial charge >= 0.3 is 5.97 Å². The first kappa shape index (κ1) is 11.9. The van der Waals surface area contributed by atoms with Crippen LogP contribution in [-0.2, 0) is 4.79 Å². The Labute approximate surface area is 62.6 Å². The van der Waals surface area contributed by atoms with E-state index < -0.39 is 5.97 Å². The molecule has 0 rings (SSSR count). The van der Waals surface area contributed by atoms with E-state index in [0.717, 1.165) is 6.42 Å². The van der Waals surface area contributed by atoms with E-state index in [4.69, 9.17) is 5.11 Å². The van der Waals surface area contributed by atoms with Crippen LogP contribution < -0.4 is 0 Å². The Bertz CT molecular complexity index is 87.3. The van der Waals surface area contributed by atoms with Gasteiger partial charge in [-0.15, -0.1) is 6.58 Å². The van der Waals surface area contributed by atoms with Crippen LogP contribution in [0.3, 0.4) is 0 Å². The molecule has 2 heteroatoms. The molecule has 2 nitrogen and oxygen atoms in total. The second-order valence-electron chi connectivity index (χ2n) is 1.57. The van der Waals surface area contributed by atoms with Crippen LogP contribution in [0.4, 0.5) is 0 Å². The van der Waals surface area contributed by atoms with Crippen molar-refractivity contribution in [1.82, 2.24) is 0 Å². The third kappa shape index (κ3) is 15.7. The van der Waals surface area contributed by atoms with Crippen LogP contribution in [0.2, 0.25) is 0 Å². The number of aliphatic carboxylic acids is 1. The van der Waals surface area contributed by atoms with E-state index >= 15 is 0 Å². The Morgan fingerprint density at radius 1 is 1.60 bits per heavy atom. The highest BCUT2D eigenvalue weighted by Crippen LogP contribution is 1.93. The summed E-state index contributed by atoms with van der Waals surface area (Å²) in [6, 6.07) is 0. The smallest absolute Gasteiger partial charge is 0.303 e. The quantitative estimate of drug-likeness (QED) is 0.486. The minimum atomic E-state index is -0.730. The number of carboxylic acids is 1. The second-order valence-corrected chi connectivity index (χ2v) is 1.57. The summed E-state index contributed by atoms with van der Waals surface area (Å²) in [6.07, 6.45) is 3.49. The third-order valence-electron chi connectivity index (χ3n) is 0.799. The summed E-state index contributed by atoms with van der Waals surface area (Å²) in [7, 11) is 0. The van der Waals surface area contributed by atoms with E-state index in [9.17, 15) is 4.79 Å². The lowest BCUT2D eigenvalue weighted by Crippen LogP contribution is -1.92. The first-order chi connectivity index (χ1) is 4.77. The molecule has 0 aliphatic rings. The number of rotatable bonds is 4. The van der Waals surface area contributed by atoms with E-state index in [1.54, 1.807) is 6.08 Å². The summed E-state index contributed by atoms with van der Waals surface area (Å²) < 4.78 is 0. The zero-order valence-electron chi connectivity index (χ0n) is 6.76. The first-order valence-corrected chi connectivity index (χ1v) is 3.60. The van der Waals surface area contributed by atoms with Crippen molar-refractivity contribution in [2.45, 2.75) is 33.1 Å². The molecule has 0 bridgehead atoms. The van der Waals surface area contributed by atoms with Crippen LogP contribution in [0, 0.1) is 0 Å². The molecule has 0 aliphatic carbocycles. The molecule has 0 aromatic heterocycles. The number of hydrogen-bond donors (Lipinski definition) is 1. The number of hydrogen-bond acceptors (Lipinski definition) is 1. The average molecular weight is 144 g/mol. The molecule has 0 aromatic rings. The lowest BCUT2D eigenvalue weighted by molar-refractivity contribution is -0.137. The van der Waals surface area contributed by atoms with Crippen LogP contribution in [-0.4, -0.2) is 11.1 Å². The summed E-state index contributed by atoms with van der Waals surface area (Å²) in [6.45, 7) is 7.46. The summed E-state index contributed by atoms with van der Waals surface area (Å²) >= 11 is 0. The van der Waals surface area contributed by atoms with Crippen LogP contribution >= 0.6 is 0 Å². The SMILES string of the molecule is C=CCCCC(=O)O.CC. The molecule has 0 atom stereocenters. The van der Waals surface area contributed by atoms with Crippen molar-refractivity contribution in [3.05, 3.63) is 12.7 Å². The van der Waals surface area contributed by atoms with Crippen LogP contribution in [0.1, 0.15) is 33.1 Å². The largest absolute Gasteiger partial charge is 0.481 e. The van der Waals surface area contributed by atoms with Crippen LogP contribution in [0.25, 0.3) is 0 Å². The maximum absolute atomic E-state index is 9.84. The van der Waals surface area contributed by atoms with Crippen molar-refractivity contribution < 1.29 is 9.90 Å². The van der Waals surface area contributed by atoms with Crippen molar-refractivity contribution in [2.24, 2.45) is 0 Å². The zero-order valence-corrected chi connectivity index (χ0v) is 6.76. The maximum atomic E-state index is 9.84. The number of carbonyl (C=O) groups is 1. The van der Waals surface area contributed by atoms with Gasteiger partial charge in [0.05, 0.1) is 0 Å². The average Bonchev–Trinajstić information content (AvgIpc) is 1.92. The summed E-state index contributed by atoms with van der Waals surface area (Å²) in [5.74, 6) is -0.730. The van der Waals surface area contributed by atoms with E-state index in [0.29, 0.717) is 6.42 Å². The monoisotopic (exact) mass is 144 g/mol. The number of carboxylic acid groups (broad SMARTS) is 1. The molecule has 0 aromatic carbocycles. The fraction of sp³-hybridized carbons (Fsp3) is 0.625. The first-order valence-electron chi connectivity index (χ1n) is 3.60. The zero-order chi connectivity index (χ0) is 8.41. The topological polar surface area (TPSA) is 37.3 Å². The van der Waals surface area contributed by atoms with Gasteiger partial charge in [-0.25, -0.2) is 0 Å². The highest BCUT2D eigenvalue weighted by atomic mass is 16.4. The Hall–Kier alpha value is -0.790. The standard InChI is InChI=1S/C6H10O2.C2H6/c1-2-3-4-5-6(7)8;1-2/h2H,1,3-5H2,(H,7,8);1-2H3. The molecule has 10 heavy (non-hydrogen) atoms. The van der Waals surface area contributed by atoms with E-state index in [1.165, 1.54) is 0 Å². The molecule has 0 saturated carbocycles. The fourth-order valence-electron chi connectivity index (χ4n) is 0.398. The van der Waals surface area contributed by atoms with Gasteiger partial charge in [0.2, 0.25) is 0 Å². The Balaban J connectivity index is 0. The van der Waals surface area contributed by atoms with Crippen molar-refractivity contribution in [3.63, 3.8) is 0 Å². The minimum Gasteiger partial charge on any atom is -0.481 e. The van der Waals surface area contributed by atoms with Crippen molar-refractivity contribution in [2.75, 3.05) is 0 Å². The molecule has 0 saturated heterocycles. The van der Waals surface area contributed by atoms with E-state index in [1.807, 2.05) is 13.8 Å². The Morgan fingerprint density at radius 3 is 2.40 bits per heavy atom. The molecule has 60 valence electrons. The molecular weight excluding hydrogens is 128 g/mol. The predicted molar refractivity (Wildman–Crippen MR) is 43.0 cm³/mol. The molecule has 0 fully saturated rings. The van der Waals surface area contributed by atoms with Gasteiger partial charge in [0.1, 0.15) is 0 Å². The normalized spacial score (nSPS) is 7.40. The summed E-state index contributed by atoms with van der Waals surface area (Å²) in [5.41, 5.74) is 0. The van der Waals surface area contributed by atoms with Gasteiger partial charge in [0.15, 0.2) is 0 Å². The third-order valence-corrected chi connectivity index (χ3v) is 0.799. The Morgan fingerprint density at radius 2 is 2.10 bits per heavy atom. The van der Waals surface area contributed by atoms with Crippen molar-refractivity contribution in [1.29, 1.82) is 0 Å². The second kappa shape index (κ2) is 11.1. The van der Waals surface area contributed by atoms with E-state index in [2.05, 4.69) is 6.58 Å². The molecule has 0 aliphatic heterocycles. The molecule has 0 radical (unpaired) electrons. The van der Waals surface area contributed by atoms with Crippen LogP contribution in [0.5, 0.6) is 0 Å². The van der Waals surface area contributed by atoms with Gasteiger partial charge in [-0.05, 0) is 12.8 Å². The minimum absolute atomic E-state index is 0.256. The van der Waals surface area contributed by atoms with Gasteiger partial charge in [-0.1, -0.05) is 19.9 Å². The number of unbranched alkanes of at least 4 members (excludes halogenated alkanes) is 1. The van der Waals surface area contributed by atoms with Gasteiger partial charge in [-0.2, -0.15) is 0 Å². The lowest BCUT2D eigenvalue weighted by Gasteiger charge is -1.87. The summed E-state index contributed by atoms with van der Waals surface area (Å²) in [5, 5.41) is 8.11. The maximum Gasteiger partial charge on any atom is 0.303 e. The van der Waals surface area contributed by atoms with Gasteiger partial charge in [0.25, 0.3) is 0 Å². The van der Waals surface area contributed by atoms with E-state index in [-0.39, 0.29) is 6.42 Å². The number of allylic oxidation sites excluding steroid dienone is 1. The van der Waals surface area contributed by atoms with Crippen molar-refractivity contribution in [3.8, 4) is 0 Å². The lowest BCUT2D eigenvalue weighted by atomic mass is 10.2.